The zero-order chi connectivity index (χ0) is 25.9. The number of rotatable bonds is 6. The Bertz CT molecular complexity index is 1240. The van der Waals surface area contributed by atoms with Crippen molar-refractivity contribution in [3.63, 3.8) is 0 Å². The Balaban J connectivity index is 1.60. The van der Waals surface area contributed by atoms with Gasteiger partial charge in [0.1, 0.15) is 34.6 Å². The molecule has 1 aliphatic rings. The van der Waals surface area contributed by atoms with Crippen molar-refractivity contribution in [3.05, 3.63) is 64.6 Å². The summed E-state index contributed by atoms with van der Waals surface area (Å²) >= 11 is 3.62. The first-order valence-electron chi connectivity index (χ1n) is 11.7. The third-order valence-corrected chi connectivity index (χ3v) is 6.33. The van der Waals surface area contributed by atoms with Crippen molar-refractivity contribution in [2.24, 2.45) is 0 Å². The van der Waals surface area contributed by atoms with Crippen LogP contribution >= 0.6 is 15.9 Å². The van der Waals surface area contributed by atoms with Crippen LogP contribution < -0.4 is 9.47 Å². The molecule has 2 aromatic carbocycles. The van der Waals surface area contributed by atoms with Crippen LogP contribution in [0.25, 0.3) is 10.9 Å². The number of hydrogen-bond donors (Lipinski definition) is 0. The average molecular weight is 557 g/mol. The molecule has 36 heavy (non-hydrogen) atoms. The van der Waals surface area contributed by atoms with Crippen LogP contribution in [-0.4, -0.2) is 53.3 Å². The standard InChI is InChI=1S/C27H29BrN2O6/c1-27(2,3)36-26(32)30-15-18(14-21(30)25(31)33-4)35-24-22(28)23(19-12-8-9-13-20(19)29-24)34-16-17-10-6-5-7-11-17/h5-13,18,21H,14-16H2,1-4H3/t18-,21+/m1/s1. The minimum Gasteiger partial charge on any atom is -0.487 e. The van der Waals surface area contributed by atoms with Crippen LogP contribution in [0.15, 0.2) is 59.1 Å². The number of esters is 1. The lowest BCUT2D eigenvalue weighted by molar-refractivity contribution is -0.145. The molecule has 4 rings (SSSR count). The number of benzene rings is 2. The van der Waals surface area contributed by atoms with Crippen molar-refractivity contribution < 1.29 is 28.5 Å². The highest BCUT2D eigenvalue weighted by atomic mass is 79.9. The number of carbonyl (C=O) groups excluding carboxylic acids is 2. The molecule has 8 nitrogen and oxygen atoms in total. The maximum atomic E-state index is 12.8. The van der Waals surface area contributed by atoms with Gasteiger partial charge in [-0.15, -0.1) is 0 Å². The SMILES string of the molecule is COC(=O)[C@@H]1C[C@@H](Oc2nc3ccccc3c(OCc3ccccc3)c2Br)CN1C(=O)OC(C)(C)C. The number of para-hydroxylation sites is 1. The van der Waals surface area contributed by atoms with E-state index in [0.717, 1.165) is 10.9 Å². The van der Waals surface area contributed by atoms with E-state index in [4.69, 9.17) is 18.9 Å². The third-order valence-electron chi connectivity index (χ3n) is 5.63. The van der Waals surface area contributed by atoms with E-state index in [2.05, 4.69) is 20.9 Å². The highest BCUT2D eigenvalue weighted by Gasteiger charge is 2.43. The normalized spacial score (nSPS) is 17.6. The number of likely N-dealkylation sites (tertiary alicyclic amines) is 1. The summed E-state index contributed by atoms with van der Waals surface area (Å²) in [6.45, 7) is 5.84. The lowest BCUT2D eigenvalue weighted by Gasteiger charge is -2.27. The van der Waals surface area contributed by atoms with Crippen molar-refractivity contribution in [1.29, 1.82) is 0 Å². The number of nitrogens with zero attached hydrogens (tertiary/aromatic N) is 2. The van der Waals surface area contributed by atoms with E-state index in [-0.39, 0.29) is 13.0 Å². The monoisotopic (exact) mass is 556 g/mol. The van der Waals surface area contributed by atoms with Gasteiger partial charge in [-0.3, -0.25) is 4.90 Å². The zero-order valence-electron chi connectivity index (χ0n) is 20.7. The molecule has 0 bridgehead atoms. The first-order valence-corrected chi connectivity index (χ1v) is 12.4. The number of halogens is 1. The van der Waals surface area contributed by atoms with Crippen LogP contribution in [0.2, 0.25) is 0 Å². The van der Waals surface area contributed by atoms with Crippen LogP contribution in [0.5, 0.6) is 11.6 Å². The van der Waals surface area contributed by atoms with Crippen molar-refractivity contribution in [2.45, 2.75) is 51.5 Å². The second kappa shape index (κ2) is 10.7. The zero-order valence-corrected chi connectivity index (χ0v) is 22.3. The molecule has 190 valence electrons. The number of pyridine rings is 1. The van der Waals surface area contributed by atoms with Crippen LogP contribution in [0.1, 0.15) is 32.8 Å². The summed E-state index contributed by atoms with van der Waals surface area (Å²) in [6.07, 6.45) is -0.859. The summed E-state index contributed by atoms with van der Waals surface area (Å²) < 4.78 is 23.4. The Hall–Kier alpha value is -3.33. The van der Waals surface area contributed by atoms with Crippen molar-refractivity contribution in [1.82, 2.24) is 9.88 Å². The third kappa shape index (κ3) is 5.90. The number of methoxy groups -OCH3 is 1. The van der Waals surface area contributed by atoms with Crippen LogP contribution in [-0.2, 0) is 20.9 Å². The number of hydrogen-bond acceptors (Lipinski definition) is 7. The smallest absolute Gasteiger partial charge is 0.411 e. The van der Waals surface area contributed by atoms with Crippen molar-refractivity contribution >= 4 is 38.9 Å². The second-order valence-electron chi connectivity index (χ2n) is 9.50. The fraction of sp³-hybridized carbons (Fsp3) is 0.370. The molecule has 0 spiro atoms. The molecule has 0 aliphatic carbocycles. The molecular weight excluding hydrogens is 528 g/mol. The van der Waals surface area contributed by atoms with Gasteiger partial charge in [0, 0.05) is 11.8 Å². The molecule has 1 aromatic heterocycles. The molecule has 0 N–H and O–H groups in total. The molecule has 2 heterocycles. The Labute approximate surface area is 218 Å². The molecule has 0 unspecified atom stereocenters. The van der Waals surface area contributed by atoms with E-state index in [0.29, 0.717) is 28.2 Å². The number of amides is 1. The summed E-state index contributed by atoms with van der Waals surface area (Å²) in [7, 11) is 1.29. The lowest BCUT2D eigenvalue weighted by atomic mass is 10.2. The predicted molar refractivity (Wildman–Crippen MR) is 138 cm³/mol. The molecule has 0 saturated carbocycles. The van der Waals surface area contributed by atoms with Crippen LogP contribution in [0.3, 0.4) is 0 Å². The van der Waals surface area contributed by atoms with Gasteiger partial charge in [-0.05, 0) is 54.4 Å². The fourth-order valence-corrected chi connectivity index (χ4v) is 4.52. The van der Waals surface area contributed by atoms with Gasteiger partial charge in [0.2, 0.25) is 5.88 Å². The summed E-state index contributed by atoms with van der Waals surface area (Å²) in [5.41, 5.74) is 1.02. The number of ether oxygens (including phenoxy) is 4. The number of aromatic nitrogens is 1. The Morgan fingerprint density at radius 2 is 1.78 bits per heavy atom. The molecule has 9 heteroatoms. The first kappa shape index (κ1) is 25.8. The summed E-state index contributed by atoms with van der Waals surface area (Å²) in [4.78, 5) is 31.3. The predicted octanol–water partition coefficient (Wildman–Crippen LogP) is 5.51. The van der Waals surface area contributed by atoms with Gasteiger partial charge in [0.25, 0.3) is 0 Å². The van der Waals surface area contributed by atoms with Gasteiger partial charge in [0.05, 0.1) is 19.2 Å². The van der Waals surface area contributed by atoms with Gasteiger partial charge in [-0.2, -0.15) is 0 Å². The van der Waals surface area contributed by atoms with Gasteiger partial charge in [-0.1, -0.05) is 42.5 Å². The van der Waals surface area contributed by atoms with Gasteiger partial charge in [0.15, 0.2) is 0 Å². The summed E-state index contributed by atoms with van der Waals surface area (Å²) in [6, 6.07) is 16.7. The van der Waals surface area contributed by atoms with E-state index >= 15 is 0 Å². The Morgan fingerprint density at radius 3 is 2.47 bits per heavy atom. The maximum Gasteiger partial charge on any atom is 0.411 e. The molecular formula is C27H29BrN2O6. The Morgan fingerprint density at radius 1 is 1.08 bits per heavy atom. The summed E-state index contributed by atoms with van der Waals surface area (Å²) in [5, 5.41) is 0.835. The summed E-state index contributed by atoms with van der Waals surface area (Å²) in [5.74, 6) is 0.395. The fourth-order valence-electron chi connectivity index (χ4n) is 4.01. The molecule has 2 atom stereocenters. The topological polar surface area (TPSA) is 87.2 Å². The quantitative estimate of drug-likeness (QED) is 0.370. The van der Waals surface area contributed by atoms with E-state index in [9.17, 15) is 9.59 Å². The van der Waals surface area contributed by atoms with E-state index in [1.165, 1.54) is 12.0 Å². The second-order valence-corrected chi connectivity index (χ2v) is 10.3. The number of fused-ring (bicyclic) bond motifs is 1. The van der Waals surface area contributed by atoms with E-state index < -0.39 is 29.8 Å². The van der Waals surface area contributed by atoms with Crippen LogP contribution in [0.4, 0.5) is 4.79 Å². The first-order chi connectivity index (χ1) is 17.2. The molecule has 1 amide bonds. The molecule has 0 radical (unpaired) electrons. The van der Waals surface area contributed by atoms with E-state index in [1.54, 1.807) is 20.8 Å². The highest BCUT2D eigenvalue weighted by molar-refractivity contribution is 9.10. The van der Waals surface area contributed by atoms with E-state index in [1.807, 2.05) is 54.6 Å². The average Bonchev–Trinajstić information content (AvgIpc) is 3.27. The van der Waals surface area contributed by atoms with Crippen molar-refractivity contribution in [2.75, 3.05) is 13.7 Å². The minimum absolute atomic E-state index is 0.149. The minimum atomic E-state index is -0.817. The molecule has 1 aliphatic heterocycles. The number of carbonyl (C=O) groups is 2. The van der Waals surface area contributed by atoms with Gasteiger partial charge in [-0.25, -0.2) is 14.6 Å². The van der Waals surface area contributed by atoms with Gasteiger partial charge < -0.3 is 18.9 Å². The Kier molecular flexibility index (Phi) is 7.68. The molecule has 3 aromatic rings. The lowest BCUT2D eigenvalue weighted by Crippen LogP contribution is -2.44. The maximum absolute atomic E-state index is 12.8. The molecule has 1 saturated heterocycles. The molecule has 1 fully saturated rings. The van der Waals surface area contributed by atoms with Gasteiger partial charge >= 0.3 is 12.1 Å². The highest BCUT2D eigenvalue weighted by Crippen LogP contribution is 2.40. The van der Waals surface area contributed by atoms with Crippen molar-refractivity contribution in [3.8, 4) is 11.6 Å². The van der Waals surface area contributed by atoms with Crippen LogP contribution in [0, 0.1) is 0 Å². The largest absolute Gasteiger partial charge is 0.487 e.